The van der Waals surface area contributed by atoms with Gasteiger partial charge in [0.2, 0.25) is 0 Å². The molecule has 2 N–H and O–H groups in total. The van der Waals surface area contributed by atoms with E-state index in [0.29, 0.717) is 13.1 Å². The summed E-state index contributed by atoms with van der Waals surface area (Å²) in [4.78, 5) is 38.0. The Bertz CT molecular complexity index is 417. The van der Waals surface area contributed by atoms with Gasteiger partial charge in [-0.2, -0.15) is 0 Å². The van der Waals surface area contributed by atoms with Gasteiger partial charge in [0.15, 0.2) is 13.1 Å². The molecule has 1 aliphatic heterocycles. The second-order valence-electron chi connectivity index (χ2n) is 5.76. The summed E-state index contributed by atoms with van der Waals surface area (Å²) in [6, 6.07) is 0.0935. The smallest absolute Gasteiger partial charge is 0.320 e. The summed E-state index contributed by atoms with van der Waals surface area (Å²) in [5.41, 5.74) is 0. The van der Waals surface area contributed by atoms with Crippen LogP contribution in [0.2, 0.25) is 0 Å². The van der Waals surface area contributed by atoms with Gasteiger partial charge in [0.25, 0.3) is 11.8 Å². The maximum absolute atomic E-state index is 12.3. The Kier molecular flexibility index (Phi) is 7.67. The van der Waals surface area contributed by atoms with Crippen molar-refractivity contribution in [1.82, 2.24) is 10.2 Å². The van der Waals surface area contributed by atoms with Crippen LogP contribution in [0.4, 0.5) is 0 Å². The number of nitrogens with one attached hydrogen (secondary N) is 2. The first-order valence-corrected chi connectivity index (χ1v) is 8.46. The average molecular weight is 332 g/mol. The number of quaternary nitrogens is 1. The zero-order valence-electron chi connectivity index (χ0n) is 13.7. The zero-order valence-corrected chi connectivity index (χ0v) is 14.5. The fourth-order valence-corrected chi connectivity index (χ4v) is 3.36. The summed E-state index contributed by atoms with van der Waals surface area (Å²) in [5.74, 6) is 0.323. The van der Waals surface area contributed by atoms with E-state index in [4.69, 9.17) is 4.74 Å². The second-order valence-corrected chi connectivity index (χ2v) is 7.07. The molecule has 1 rings (SSSR count). The maximum atomic E-state index is 12.3. The zero-order chi connectivity index (χ0) is 16.7. The molecule has 1 heterocycles. The normalized spacial score (nSPS) is 19.7. The van der Waals surface area contributed by atoms with E-state index >= 15 is 0 Å². The van der Waals surface area contributed by atoms with Gasteiger partial charge in [-0.05, 0) is 13.8 Å². The minimum Gasteiger partial charge on any atom is -0.468 e. The first-order valence-electron chi connectivity index (χ1n) is 7.41. The first kappa shape index (κ1) is 18.8. The molecule has 0 spiro atoms. The molecule has 0 radical (unpaired) electrons. The van der Waals surface area contributed by atoms with Crippen LogP contribution < -0.4 is 10.2 Å². The van der Waals surface area contributed by atoms with Gasteiger partial charge in [0.05, 0.1) is 14.2 Å². The maximum Gasteiger partial charge on any atom is 0.320 e. The molecule has 2 atom stereocenters. The van der Waals surface area contributed by atoms with Crippen LogP contribution in [0.3, 0.4) is 0 Å². The van der Waals surface area contributed by atoms with E-state index in [1.165, 1.54) is 18.9 Å². The van der Waals surface area contributed by atoms with Crippen LogP contribution in [-0.4, -0.2) is 80.1 Å². The highest BCUT2D eigenvalue weighted by atomic mass is 32.2. The van der Waals surface area contributed by atoms with E-state index in [1.807, 2.05) is 20.9 Å². The lowest BCUT2D eigenvalue weighted by molar-refractivity contribution is -0.863. The van der Waals surface area contributed by atoms with E-state index in [2.05, 4.69) is 5.32 Å². The van der Waals surface area contributed by atoms with Crippen LogP contribution in [0.1, 0.15) is 13.8 Å². The van der Waals surface area contributed by atoms with Crippen molar-refractivity contribution in [2.45, 2.75) is 25.1 Å². The molecule has 1 fully saturated rings. The van der Waals surface area contributed by atoms with Crippen LogP contribution in [0.25, 0.3) is 0 Å². The number of carbonyl (C=O) groups excluding carboxylic acids is 3. The van der Waals surface area contributed by atoms with Crippen molar-refractivity contribution in [3.63, 3.8) is 0 Å². The van der Waals surface area contributed by atoms with Gasteiger partial charge in [0, 0.05) is 24.9 Å². The van der Waals surface area contributed by atoms with Crippen molar-refractivity contribution in [2.75, 3.05) is 46.1 Å². The van der Waals surface area contributed by atoms with Crippen LogP contribution in [0.15, 0.2) is 0 Å². The van der Waals surface area contributed by atoms with Crippen molar-refractivity contribution in [1.29, 1.82) is 0 Å². The number of carbonyl (C=O) groups is 3. The Morgan fingerprint density at radius 2 is 2.05 bits per heavy atom. The molecule has 0 aliphatic carbocycles. The van der Waals surface area contributed by atoms with Crippen molar-refractivity contribution in [3.8, 4) is 0 Å². The molecule has 22 heavy (non-hydrogen) atoms. The number of likely N-dealkylation sites (N-methyl/N-ethyl adjacent to an activating group) is 1. The minimum absolute atomic E-state index is 0.0379. The van der Waals surface area contributed by atoms with Crippen LogP contribution in [0, 0.1) is 0 Å². The molecular weight excluding hydrogens is 306 g/mol. The van der Waals surface area contributed by atoms with Gasteiger partial charge in [-0.25, -0.2) is 0 Å². The number of hydrogen-bond acceptors (Lipinski definition) is 5. The Morgan fingerprint density at radius 1 is 1.36 bits per heavy atom. The summed E-state index contributed by atoms with van der Waals surface area (Å²) in [7, 11) is 3.17. The predicted octanol–water partition coefficient (Wildman–Crippen LogP) is -1.86. The predicted molar refractivity (Wildman–Crippen MR) is 84.7 cm³/mol. The third-order valence-corrected chi connectivity index (χ3v) is 4.41. The number of esters is 1. The molecule has 8 heteroatoms. The van der Waals surface area contributed by atoms with Gasteiger partial charge < -0.3 is 19.9 Å². The van der Waals surface area contributed by atoms with Gasteiger partial charge in [-0.1, -0.05) is 0 Å². The first-order chi connectivity index (χ1) is 10.3. The largest absolute Gasteiger partial charge is 0.468 e. The standard InChI is InChI=1S/C14H25N3O4S/c1-10(2)15-12(18)8-16(3)9-13(19)17-5-6-22-11(7-17)14(20)21-4/h10-11H,5-9H2,1-4H3,(H,15,18)/p+1/t11-/m1/s1. The fraction of sp³-hybridized carbons (Fsp3) is 0.786. The molecule has 7 nitrogen and oxygen atoms in total. The summed E-state index contributed by atoms with van der Waals surface area (Å²) in [6.07, 6.45) is 0. The highest BCUT2D eigenvalue weighted by molar-refractivity contribution is 8.00. The molecule has 0 aromatic carbocycles. The molecule has 2 amide bonds. The lowest BCUT2D eigenvalue weighted by Crippen LogP contribution is -3.11. The van der Waals surface area contributed by atoms with E-state index in [0.717, 1.165) is 10.7 Å². The third-order valence-electron chi connectivity index (χ3n) is 3.25. The quantitative estimate of drug-likeness (QED) is 0.558. The Hall–Kier alpha value is -1.28. The molecule has 1 aliphatic rings. The Labute approximate surface area is 135 Å². The summed E-state index contributed by atoms with van der Waals surface area (Å²) >= 11 is 1.51. The van der Waals surface area contributed by atoms with Gasteiger partial charge in [-0.15, -0.1) is 11.8 Å². The van der Waals surface area contributed by atoms with Crippen molar-refractivity contribution < 1.29 is 24.0 Å². The highest BCUT2D eigenvalue weighted by Crippen LogP contribution is 2.19. The van der Waals surface area contributed by atoms with E-state index in [-0.39, 0.29) is 42.2 Å². The second kappa shape index (κ2) is 8.99. The molecule has 1 unspecified atom stereocenters. The molecular formula is C14H26N3O4S+. The average Bonchev–Trinajstić information content (AvgIpc) is 2.45. The lowest BCUT2D eigenvalue weighted by Gasteiger charge is -2.31. The minimum atomic E-state index is -0.313. The number of nitrogens with zero attached hydrogens (tertiary/aromatic N) is 1. The van der Waals surface area contributed by atoms with Gasteiger partial charge in [0.1, 0.15) is 5.25 Å². The van der Waals surface area contributed by atoms with Crippen LogP contribution in [-0.2, 0) is 19.1 Å². The van der Waals surface area contributed by atoms with Crippen LogP contribution in [0.5, 0.6) is 0 Å². The van der Waals surface area contributed by atoms with Gasteiger partial charge >= 0.3 is 5.97 Å². The van der Waals surface area contributed by atoms with Gasteiger partial charge in [-0.3, -0.25) is 14.4 Å². The summed E-state index contributed by atoms with van der Waals surface area (Å²) < 4.78 is 4.73. The molecule has 0 saturated carbocycles. The van der Waals surface area contributed by atoms with Crippen molar-refractivity contribution in [2.24, 2.45) is 0 Å². The Balaban J connectivity index is 2.43. The monoisotopic (exact) mass is 332 g/mol. The molecule has 1 saturated heterocycles. The summed E-state index contributed by atoms with van der Waals surface area (Å²) in [6.45, 7) is 5.30. The van der Waals surface area contributed by atoms with Crippen molar-refractivity contribution >= 4 is 29.5 Å². The van der Waals surface area contributed by atoms with Crippen LogP contribution >= 0.6 is 11.8 Å². The lowest BCUT2D eigenvalue weighted by atomic mass is 10.3. The number of methoxy groups -OCH3 is 1. The third kappa shape index (κ3) is 6.23. The van der Waals surface area contributed by atoms with Crippen molar-refractivity contribution in [3.05, 3.63) is 0 Å². The van der Waals surface area contributed by atoms with E-state index < -0.39 is 0 Å². The molecule has 0 aromatic rings. The van der Waals surface area contributed by atoms with E-state index in [9.17, 15) is 14.4 Å². The molecule has 126 valence electrons. The molecule has 0 aromatic heterocycles. The number of ether oxygens (including phenoxy) is 1. The highest BCUT2D eigenvalue weighted by Gasteiger charge is 2.30. The Morgan fingerprint density at radius 3 is 2.64 bits per heavy atom. The number of hydrogen-bond donors (Lipinski definition) is 2. The van der Waals surface area contributed by atoms with E-state index in [1.54, 1.807) is 4.90 Å². The SMILES string of the molecule is COC(=O)[C@H]1CN(C(=O)C[NH+](C)CC(=O)NC(C)C)CCS1. The summed E-state index contributed by atoms with van der Waals surface area (Å²) in [5, 5.41) is 2.49. The molecule has 0 bridgehead atoms. The number of rotatable bonds is 6. The number of thioether (sulfide) groups is 1. The fourth-order valence-electron chi connectivity index (χ4n) is 2.23. The topological polar surface area (TPSA) is 80.2 Å². The number of amides is 2.